The van der Waals surface area contributed by atoms with Gasteiger partial charge in [0, 0.05) is 0 Å². The Bertz CT molecular complexity index is 1150. The predicted molar refractivity (Wildman–Crippen MR) is 107 cm³/mol. The van der Waals surface area contributed by atoms with Gasteiger partial charge in [-0.1, -0.05) is 23.2 Å². The topological polar surface area (TPSA) is 127 Å². The molecule has 0 aliphatic carbocycles. The molecule has 1 amide bonds. The molecule has 29 heavy (non-hydrogen) atoms. The van der Waals surface area contributed by atoms with E-state index in [9.17, 15) is 9.59 Å². The summed E-state index contributed by atoms with van der Waals surface area (Å²) >= 11 is 12.2. The summed E-state index contributed by atoms with van der Waals surface area (Å²) in [6, 6.07) is 4.69. The van der Waals surface area contributed by atoms with Gasteiger partial charge in [0.25, 0.3) is 17.4 Å². The van der Waals surface area contributed by atoms with Gasteiger partial charge in [0.05, 0.1) is 29.1 Å². The summed E-state index contributed by atoms with van der Waals surface area (Å²) in [5.41, 5.74) is 3.35. The van der Waals surface area contributed by atoms with E-state index in [-0.39, 0.29) is 17.3 Å². The molecule has 0 radical (unpaired) electrons. The Morgan fingerprint density at radius 2 is 1.93 bits per heavy atom. The summed E-state index contributed by atoms with van der Waals surface area (Å²) < 4.78 is 6.26. The summed E-state index contributed by atoms with van der Waals surface area (Å²) in [6.07, 6.45) is 1.37. The van der Waals surface area contributed by atoms with E-state index in [0.29, 0.717) is 27.1 Å². The van der Waals surface area contributed by atoms with Crippen LogP contribution in [-0.2, 0) is 0 Å². The van der Waals surface area contributed by atoms with Crippen molar-refractivity contribution in [1.29, 1.82) is 0 Å². The van der Waals surface area contributed by atoms with Gasteiger partial charge in [-0.25, -0.2) is 5.43 Å². The summed E-state index contributed by atoms with van der Waals surface area (Å²) in [4.78, 5) is 26.8. The average molecular weight is 436 g/mol. The monoisotopic (exact) mass is 435 g/mol. The summed E-state index contributed by atoms with van der Waals surface area (Å²) in [5, 5.41) is 16.3. The minimum Gasteiger partial charge on any atom is -0.494 e. The third-order valence-corrected chi connectivity index (χ3v) is 4.28. The second-order valence-corrected chi connectivity index (χ2v) is 6.68. The molecule has 0 aliphatic heterocycles. The van der Waals surface area contributed by atoms with Gasteiger partial charge in [0.1, 0.15) is 11.4 Å². The van der Waals surface area contributed by atoms with E-state index in [1.807, 2.05) is 0 Å². The number of carbonyl (C=O) groups is 1. The first-order valence-electron chi connectivity index (χ1n) is 8.17. The number of methoxy groups -OCH3 is 1. The van der Waals surface area contributed by atoms with Crippen LogP contribution in [0.3, 0.4) is 0 Å². The number of benzene rings is 1. The molecule has 0 atom stereocenters. The highest BCUT2D eigenvalue weighted by molar-refractivity contribution is 6.37. The number of carbonyl (C=O) groups excluding carboxylic acids is 1. The number of halogens is 2. The van der Waals surface area contributed by atoms with Crippen LogP contribution in [0.2, 0.25) is 10.0 Å². The Kier molecular flexibility index (Phi) is 5.95. The number of nitrogens with zero attached hydrogens (tertiary/aromatic N) is 5. The van der Waals surface area contributed by atoms with Gasteiger partial charge in [0.2, 0.25) is 0 Å². The van der Waals surface area contributed by atoms with Crippen LogP contribution in [0.25, 0.3) is 5.95 Å². The van der Waals surface area contributed by atoms with E-state index < -0.39 is 11.5 Å². The van der Waals surface area contributed by atoms with Crippen molar-refractivity contribution in [3.8, 4) is 11.7 Å². The number of amides is 1. The Morgan fingerprint density at radius 3 is 2.55 bits per heavy atom. The van der Waals surface area contributed by atoms with E-state index in [1.54, 1.807) is 19.1 Å². The maximum Gasteiger partial charge on any atom is 0.290 e. The summed E-state index contributed by atoms with van der Waals surface area (Å²) in [7, 11) is 1.46. The second kappa shape index (κ2) is 8.41. The van der Waals surface area contributed by atoms with E-state index in [4.69, 9.17) is 27.9 Å². The van der Waals surface area contributed by atoms with Crippen LogP contribution in [-0.4, -0.2) is 44.2 Å². The van der Waals surface area contributed by atoms with Crippen LogP contribution in [0, 0.1) is 13.8 Å². The normalized spacial score (nSPS) is 11.1. The van der Waals surface area contributed by atoms with E-state index in [2.05, 4.69) is 30.8 Å². The van der Waals surface area contributed by atoms with Gasteiger partial charge >= 0.3 is 0 Å². The van der Waals surface area contributed by atoms with Crippen LogP contribution >= 0.6 is 23.2 Å². The Labute approximate surface area is 174 Å². The van der Waals surface area contributed by atoms with Crippen molar-refractivity contribution in [2.24, 2.45) is 5.10 Å². The largest absolute Gasteiger partial charge is 0.494 e. The first-order chi connectivity index (χ1) is 13.8. The minimum absolute atomic E-state index is 0.0107. The van der Waals surface area contributed by atoms with Crippen molar-refractivity contribution >= 4 is 35.3 Å². The third kappa shape index (κ3) is 4.44. The van der Waals surface area contributed by atoms with E-state index in [1.165, 1.54) is 31.0 Å². The van der Waals surface area contributed by atoms with Crippen molar-refractivity contribution in [2.45, 2.75) is 13.8 Å². The molecule has 0 bridgehead atoms. The molecule has 0 saturated heterocycles. The van der Waals surface area contributed by atoms with Crippen LogP contribution < -0.4 is 15.7 Å². The lowest BCUT2D eigenvalue weighted by molar-refractivity contribution is 0.0947. The lowest BCUT2D eigenvalue weighted by Gasteiger charge is -2.06. The number of nitrogens with one attached hydrogen (secondary N) is 2. The Morgan fingerprint density at radius 1 is 1.24 bits per heavy atom. The zero-order valence-electron chi connectivity index (χ0n) is 15.5. The third-order valence-electron chi connectivity index (χ3n) is 3.72. The molecule has 2 heterocycles. The number of aromatic amines is 1. The fraction of sp³-hybridized carbons (Fsp3) is 0.176. The standard InChI is InChI=1S/C17H15Cl2N7O3/c1-8-4-13(26(25-8)17-21-15(27)9(2)22-24-17)16(28)23-20-7-10-5-11(18)14(29-3)12(19)6-10/h4-7H,1-3H3,(H,23,28)(H,21,24,27)/b20-7-. The molecule has 1 aromatic carbocycles. The second-order valence-electron chi connectivity index (χ2n) is 5.86. The number of hydrogen-bond donors (Lipinski definition) is 2. The van der Waals surface area contributed by atoms with Crippen molar-refractivity contribution in [1.82, 2.24) is 30.4 Å². The molecular formula is C17H15Cl2N7O3. The lowest BCUT2D eigenvalue weighted by Crippen LogP contribution is -2.24. The zero-order valence-corrected chi connectivity index (χ0v) is 17.0. The molecule has 0 spiro atoms. The Balaban J connectivity index is 1.82. The Hall–Kier alpha value is -3.24. The van der Waals surface area contributed by atoms with Gasteiger partial charge in [-0.2, -0.15) is 14.9 Å². The number of aryl methyl sites for hydroxylation is 2. The molecule has 10 nitrogen and oxygen atoms in total. The highest BCUT2D eigenvalue weighted by Gasteiger charge is 2.17. The lowest BCUT2D eigenvalue weighted by atomic mass is 10.2. The van der Waals surface area contributed by atoms with Crippen molar-refractivity contribution in [2.75, 3.05) is 7.11 Å². The fourth-order valence-corrected chi connectivity index (χ4v) is 3.03. The van der Waals surface area contributed by atoms with Crippen LogP contribution in [0.4, 0.5) is 0 Å². The van der Waals surface area contributed by atoms with Crippen molar-refractivity contribution < 1.29 is 9.53 Å². The van der Waals surface area contributed by atoms with E-state index >= 15 is 0 Å². The molecule has 0 unspecified atom stereocenters. The first kappa shape index (κ1) is 20.5. The maximum atomic E-state index is 12.5. The number of H-pyrrole nitrogens is 1. The number of ether oxygens (including phenoxy) is 1. The van der Waals surface area contributed by atoms with Crippen LogP contribution in [0.15, 0.2) is 28.1 Å². The fourth-order valence-electron chi connectivity index (χ4n) is 2.37. The zero-order chi connectivity index (χ0) is 21.1. The number of aromatic nitrogens is 5. The SMILES string of the molecule is COc1c(Cl)cc(/C=N\NC(=O)c2cc(C)nn2-c2nnc(C)c(=O)[nH]2)cc1Cl. The molecule has 12 heteroatoms. The van der Waals surface area contributed by atoms with Gasteiger partial charge in [0.15, 0.2) is 5.75 Å². The van der Waals surface area contributed by atoms with Gasteiger partial charge in [-0.3, -0.25) is 14.6 Å². The van der Waals surface area contributed by atoms with Crippen LogP contribution in [0.5, 0.6) is 5.75 Å². The van der Waals surface area contributed by atoms with E-state index in [0.717, 1.165) is 0 Å². The summed E-state index contributed by atoms with van der Waals surface area (Å²) in [6.45, 7) is 3.21. The average Bonchev–Trinajstić information content (AvgIpc) is 3.05. The molecule has 2 aromatic heterocycles. The van der Waals surface area contributed by atoms with Gasteiger partial charge in [-0.15, -0.1) is 10.2 Å². The molecule has 150 valence electrons. The van der Waals surface area contributed by atoms with Gasteiger partial charge < -0.3 is 4.74 Å². The molecule has 0 fully saturated rings. The molecule has 0 saturated carbocycles. The van der Waals surface area contributed by atoms with Crippen molar-refractivity contribution in [3.05, 3.63) is 61.2 Å². The van der Waals surface area contributed by atoms with Crippen molar-refractivity contribution in [3.63, 3.8) is 0 Å². The summed E-state index contributed by atoms with van der Waals surface area (Å²) in [5.74, 6) is -0.213. The van der Waals surface area contributed by atoms with Crippen LogP contribution in [0.1, 0.15) is 27.4 Å². The molecule has 2 N–H and O–H groups in total. The number of hydrazone groups is 1. The number of rotatable bonds is 5. The molecule has 3 aromatic rings. The quantitative estimate of drug-likeness (QED) is 0.466. The molecular weight excluding hydrogens is 421 g/mol. The highest BCUT2D eigenvalue weighted by atomic mass is 35.5. The highest BCUT2D eigenvalue weighted by Crippen LogP contribution is 2.33. The number of hydrogen-bond acceptors (Lipinski definition) is 7. The maximum absolute atomic E-state index is 12.5. The smallest absolute Gasteiger partial charge is 0.290 e. The molecule has 0 aliphatic rings. The van der Waals surface area contributed by atoms with Gasteiger partial charge in [-0.05, 0) is 37.6 Å². The molecule has 3 rings (SSSR count). The first-order valence-corrected chi connectivity index (χ1v) is 8.93. The predicted octanol–water partition coefficient (Wildman–Crippen LogP) is 2.05. The minimum atomic E-state index is -0.573.